The van der Waals surface area contributed by atoms with Gasteiger partial charge in [-0.3, -0.25) is 4.79 Å². The summed E-state index contributed by atoms with van der Waals surface area (Å²) in [4.78, 5) is 15.4. The number of carbonyl (C=O) groups is 1. The first-order chi connectivity index (χ1) is 13.1. The zero-order chi connectivity index (χ0) is 20.9. The zero-order valence-electron chi connectivity index (χ0n) is 16.3. The first-order valence-corrected chi connectivity index (χ1v) is 8.71. The van der Waals surface area contributed by atoms with Gasteiger partial charge in [-0.05, 0) is 42.8 Å². The van der Waals surface area contributed by atoms with Crippen LogP contribution in [0.1, 0.15) is 22.8 Å². The second kappa shape index (κ2) is 8.78. The van der Waals surface area contributed by atoms with Gasteiger partial charge in [0, 0.05) is 38.1 Å². The van der Waals surface area contributed by atoms with Gasteiger partial charge in [-0.15, -0.1) is 0 Å². The van der Waals surface area contributed by atoms with E-state index in [4.69, 9.17) is 0 Å². The summed E-state index contributed by atoms with van der Waals surface area (Å²) in [5.74, 6) is -0.217. The second-order valence-corrected chi connectivity index (χ2v) is 6.45. The topological polar surface area (TPSA) is 23.6 Å². The van der Waals surface area contributed by atoms with Gasteiger partial charge in [0.05, 0.1) is 5.57 Å². The Balaban J connectivity index is 2.62. The summed E-state index contributed by atoms with van der Waals surface area (Å²) >= 11 is 0. The van der Waals surface area contributed by atoms with E-state index < -0.39 is 11.7 Å². The lowest BCUT2D eigenvalue weighted by molar-refractivity contribution is -0.0882. The Morgan fingerprint density at radius 2 is 1.54 bits per heavy atom. The van der Waals surface area contributed by atoms with Crippen molar-refractivity contribution in [1.82, 2.24) is 4.90 Å². The van der Waals surface area contributed by atoms with Gasteiger partial charge in [-0.1, -0.05) is 36.4 Å². The third-order valence-electron chi connectivity index (χ3n) is 4.25. The highest BCUT2D eigenvalue weighted by molar-refractivity contribution is 5.95. The molecule has 0 saturated carbocycles. The average molecular weight is 388 g/mol. The van der Waals surface area contributed by atoms with Crippen molar-refractivity contribution in [3.8, 4) is 0 Å². The molecule has 0 atom stereocenters. The Morgan fingerprint density at radius 3 is 2.07 bits per heavy atom. The molecule has 0 aromatic heterocycles. The van der Waals surface area contributed by atoms with Gasteiger partial charge < -0.3 is 9.80 Å². The maximum atomic E-state index is 13.4. The quantitative estimate of drug-likeness (QED) is 0.643. The molecule has 3 nitrogen and oxygen atoms in total. The number of rotatable bonds is 5. The van der Waals surface area contributed by atoms with E-state index in [0.717, 1.165) is 17.8 Å². The summed E-state index contributed by atoms with van der Waals surface area (Å²) in [5, 5.41) is 0. The molecular weight excluding hydrogens is 365 g/mol. The Bertz CT molecular complexity index is 884. The van der Waals surface area contributed by atoms with Crippen LogP contribution in [0.3, 0.4) is 0 Å². The van der Waals surface area contributed by atoms with E-state index in [1.807, 2.05) is 30.3 Å². The van der Waals surface area contributed by atoms with Crippen molar-refractivity contribution in [1.29, 1.82) is 0 Å². The number of halogens is 3. The van der Waals surface area contributed by atoms with Crippen LogP contribution < -0.4 is 4.90 Å². The van der Waals surface area contributed by atoms with Crippen molar-refractivity contribution in [3.05, 3.63) is 83.4 Å². The number of benzene rings is 2. The fraction of sp³-hybridized carbons (Fsp3) is 0.227. The number of nitrogens with zero attached hydrogens (tertiary/aromatic N) is 2. The van der Waals surface area contributed by atoms with E-state index in [0.29, 0.717) is 16.8 Å². The van der Waals surface area contributed by atoms with Gasteiger partial charge in [-0.25, -0.2) is 0 Å². The molecule has 2 aromatic rings. The normalized spacial score (nSPS) is 12.7. The standard InChI is InChI=1S/C22H23F3N2O/c1-5-18(22(23,24)25)15-20(27(4)19-12-7-6-8-13-19)16-10-9-11-17(14-16)21(28)26(2)3/h5-15H,1-4H3/b18-5+,20-15-. The Hall–Kier alpha value is -3.02. The maximum absolute atomic E-state index is 13.4. The first-order valence-electron chi connectivity index (χ1n) is 8.71. The van der Waals surface area contributed by atoms with Crippen molar-refractivity contribution in [3.63, 3.8) is 0 Å². The summed E-state index contributed by atoms with van der Waals surface area (Å²) in [6.07, 6.45) is -2.34. The van der Waals surface area contributed by atoms with E-state index in [2.05, 4.69) is 0 Å². The first kappa shape index (κ1) is 21.3. The lowest BCUT2D eigenvalue weighted by Gasteiger charge is -2.25. The summed E-state index contributed by atoms with van der Waals surface area (Å²) in [6, 6.07) is 15.7. The summed E-state index contributed by atoms with van der Waals surface area (Å²) in [7, 11) is 4.96. The summed E-state index contributed by atoms with van der Waals surface area (Å²) in [5.41, 5.74) is 1.24. The minimum absolute atomic E-state index is 0.217. The van der Waals surface area contributed by atoms with Crippen LogP contribution in [0.15, 0.2) is 72.3 Å². The molecule has 0 aliphatic carbocycles. The second-order valence-electron chi connectivity index (χ2n) is 6.45. The number of amides is 1. The van der Waals surface area contributed by atoms with E-state index in [1.165, 1.54) is 11.8 Å². The fourth-order valence-corrected chi connectivity index (χ4v) is 2.71. The molecule has 148 valence electrons. The molecule has 2 rings (SSSR count). The van der Waals surface area contributed by atoms with Gasteiger partial charge >= 0.3 is 6.18 Å². The molecule has 2 aromatic carbocycles. The van der Waals surface area contributed by atoms with Crippen LogP contribution in [-0.2, 0) is 0 Å². The Morgan fingerprint density at radius 1 is 0.929 bits per heavy atom. The fourth-order valence-electron chi connectivity index (χ4n) is 2.71. The van der Waals surface area contributed by atoms with E-state index in [9.17, 15) is 18.0 Å². The largest absolute Gasteiger partial charge is 0.416 e. The molecular formula is C22H23F3N2O. The number of allylic oxidation sites excluding steroid dienone is 3. The van der Waals surface area contributed by atoms with E-state index >= 15 is 0 Å². The number of carbonyl (C=O) groups excluding carboxylic acids is 1. The maximum Gasteiger partial charge on any atom is 0.416 e. The molecule has 0 aliphatic rings. The van der Waals surface area contributed by atoms with Crippen LogP contribution in [0, 0.1) is 0 Å². The number of hydrogen-bond donors (Lipinski definition) is 0. The monoisotopic (exact) mass is 388 g/mol. The van der Waals surface area contributed by atoms with Gasteiger partial charge in [0.1, 0.15) is 0 Å². The molecule has 0 radical (unpaired) electrons. The number of alkyl halides is 3. The predicted molar refractivity (Wildman–Crippen MR) is 107 cm³/mol. The number of anilines is 1. The van der Waals surface area contributed by atoms with Crippen LogP contribution in [0.25, 0.3) is 5.70 Å². The van der Waals surface area contributed by atoms with Crippen molar-refractivity contribution in [2.24, 2.45) is 0 Å². The third-order valence-corrected chi connectivity index (χ3v) is 4.25. The van der Waals surface area contributed by atoms with Crippen LogP contribution in [0.2, 0.25) is 0 Å². The molecule has 1 amide bonds. The highest BCUT2D eigenvalue weighted by Gasteiger charge is 2.32. The summed E-state index contributed by atoms with van der Waals surface area (Å²) in [6.45, 7) is 1.35. The molecule has 0 fully saturated rings. The van der Waals surface area contributed by atoms with Gasteiger partial charge in [0.25, 0.3) is 5.91 Å². The number of hydrogen-bond acceptors (Lipinski definition) is 2. The van der Waals surface area contributed by atoms with Crippen molar-refractivity contribution in [2.75, 3.05) is 26.0 Å². The van der Waals surface area contributed by atoms with Gasteiger partial charge in [-0.2, -0.15) is 13.2 Å². The van der Waals surface area contributed by atoms with Crippen LogP contribution in [-0.4, -0.2) is 38.1 Å². The lowest BCUT2D eigenvalue weighted by Crippen LogP contribution is -2.22. The van der Waals surface area contributed by atoms with Gasteiger partial charge in [0.15, 0.2) is 0 Å². The Labute approximate surface area is 163 Å². The van der Waals surface area contributed by atoms with Crippen LogP contribution in [0.4, 0.5) is 18.9 Å². The van der Waals surface area contributed by atoms with E-state index in [1.54, 1.807) is 50.3 Å². The molecule has 0 unspecified atom stereocenters. The van der Waals surface area contributed by atoms with E-state index in [-0.39, 0.29) is 5.91 Å². The SMILES string of the molecule is C/C=C(\C=C(\c1cccc(C(=O)N(C)C)c1)N(C)c1ccccc1)C(F)(F)F. The predicted octanol–water partition coefficient (Wildman–Crippen LogP) is 5.37. The molecule has 0 N–H and O–H groups in total. The molecule has 0 saturated heterocycles. The zero-order valence-corrected chi connectivity index (χ0v) is 16.3. The number of para-hydroxylation sites is 1. The third kappa shape index (κ3) is 5.03. The van der Waals surface area contributed by atoms with Crippen molar-refractivity contribution >= 4 is 17.3 Å². The van der Waals surface area contributed by atoms with Crippen molar-refractivity contribution in [2.45, 2.75) is 13.1 Å². The van der Waals surface area contributed by atoms with Gasteiger partial charge in [0.2, 0.25) is 0 Å². The minimum Gasteiger partial charge on any atom is -0.345 e. The molecule has 0 aliphatic heterocycles. The molecule has 28 heavy (non-hydrogen) atoms. The molecule has 6 heteroatoms. The molecule has 0 bridgehead atoms. The molecule has 0 heterocycles. The Kier molecular flexibility index (Phi) is 6.67. The summed E-state index contributed by atoms with van der Waals surface area (Å²) < 4.78 is 40.2. The smallest absolute Gasteiger partial charge is 0.345 e. The van der Waals surface area contributed by atoms with Crippen LogP contribution in [0.5, 0.6) is 0 Å². The van der Waals surface area contributed by atoms with Crippen LogP contribution >= 0.6 is 0 Å². The lowest BCUT2D eigenvalue weighted by atomic mass is 10.0. The average Bonchev–Trinajstić information content (AvgIpc) is 2.67. The molecule has 0 spiro atoms. The highest BCUT2D eigenvalue weighted by Crippen LogP contribution is 2.32. The minimum atomic E-state index is -4.48. The highest BCUT2D eigenvalue weighted by atomic mass is 19.4. The van der Waals surface area contributed by atoms with Crippen molar-refractivity contribution < 1.29 is 18.0 Å².